The number of hydrogen-bond acceptors (Lipinski definition) is 2. The maximum absolute atomic E-state index is 5.61. The van der Waals surface area contributed by atoms with E-state index in [1.165, 1.54) is 51.7 Å². The molecule has 3 atom stereocenters. The van der Waals surface area contributed by atoms with Crippen molar-refractivity contribution in [2.75, 3.05) is 19.6 Å². The topological polar surface area (TPSA) is 15.8 Å². The summed E-state index contributed by atoms with van der Waals surface area (Å²) < 4.78 is 5.61. The smallest absolute Gasteiger partial charge is 0.0844 e. The van der Waals surface area contributed by atoms with Gasteiger partial charge in [0.1, 0.15) is 0 Å². The fourth-order valence-electron chi connectivity index (χ4n) is 2.80. The van der Waals surface area contributed by atoms with Crippen LogP contribution in [0.5, 0.6) is 0 Å². The Bertz CT molecular complexity index is 189. The second kappa shape index (κ2) is 5.31. The van der Waals surface area contributed by atoms with Gasteiger partial charge in [-0.2, -0.15) is 0 Å². The third-order valence-electron chi connectivity index (χ3n) is 3.74. The molecular formula is C13H25NO. The van der Waals surface area contributed by atoms with Crippen LogP contribution in [0.15, 0.2) is 0 Å². The molecule has 0 aromatic heterocycles. The third-order valence-corrected chi connectivity index (χ3v) is 3.74. The van der Waals surface area contributed by atoms with E-state index >= 15 is 0 Å². The maximum Gasteiger partial charge on any atom is 0.0844 e. The Kier molecular flexibility index (Phi) is 4.04. The van der Waals surface area contributed by atoms with Gasteiger partial charge in [0.25, 0.3) is 0 Å². The number of hydrogen-bond donors (Lipinski definition) is 0. The lowest BCUT2D eigenvalue weighted by Gasteiger charge is -2.28. The van der Waals surface area contributed by atoms with Crippen LogP contribution < -0.4 is 0 Å². The molecule has 2 aliphatic heterocycles. The van der Waals surface area contributed by atoms with E-state index in [0.29, 0.717) is 12.2 Å². The van der Waals surface area contributed by atoms with Crippen LogP contribution in [-0.2, 0) is 4.74 Å². The molecule has 2 aliphatic rings. The summed E-state index contributed by atoms with van der Waals surface area (Å²) in [5, 5.41) is 0. The average Bonchev–Trinajstić information content (AvgIpc) is 2.97. The lowest BCUT2D eigenvalue weighted by molar-refractivity contribution is 0.191. The third kappa shape index (κ3) is 3.46. The standard InChI is InChI=1S/C13H25NO/c1-3-12-13(15-12)9-11(2)10-14-7-5-4-6-8-14/h11-13H,3-10H2,1-2H3. The minimum Gasteiger partial charge on any atom is -0.370 e. The Morgan fingerprint density at radius 1 is 1.20 bits per heavy atom. The second-order valence-corrected chi connectivity index (χ2v) is 5.32. The van der Waals surface area contributed by atoms with Crippen LogP contribution in [0.25, 0.3) is 0 Å². The summed E-state index contributed by atoms with van der Waals surface area (Å²) in [5.41, 5.74) is 0. The minimum absolute atomic E-state index is 0.591. The Hall–Kier alpha value is -0.0800. The molecule has 2 heteroatoms. The monoisotopic (exact) mass is 211 g/mol. The molecule has 0 spiro atoms. The first kappa shape index (κ1) is 11.4. The normalized spacial score (nSPS) is 34.0. The van der Waals surface area contributed by atoms with Crippen LogP contribution in [0.1, 0.15) is 46.0 Å². The van der Waals surface area contributed by atoms with Gasteiger partial charge in [0, 0.05) is 6.54 Å². The molecule has 0 aromatic rings. The maximum atomic E-state index is 5.61. The zero-order chi connectivity index (χ0) is 10.7. The molecule has 2 saturated heterocycles. The quantitative estimate of drug-likeness (QED) is 0.650. The van der Waals surface area contributed by atoms with Crippen LogP contribution in [0.3, 0.4) is 0 Å². The van der Waals surface area contributed by atoms with E-state index in [-0.39, 0.29) is 0 Å². The molecule has 0 radical (unpaired) electrons. The summed E-state index contributed by atoms with van der Waals surface area (Å²) in [7, 11) is 0. The number of epoxide rings is 1. The van der Waals surface area contributed by atoms with Crippen molar-refractivity contribution in [3.8, 4) is 0 Å². The van der Waals surface area contributed by atoms with E-state index < -0.39 is 0 Å². The molecule has 2 fully saturated rings. The first-order valence-electron chi connectivity index (χ1n) is 6.67. The van der Waals surface area contributed by atoms with Gasteiger partial charge in [-0.25, -0.2) is 0 Å². The highest BCUT2D eigenvalue weighted by atomic mass is 16.6. The largest absolute Gasteiger partial charge is 0.370 e. The molecular weight excluding hydrogens is 186 g/mol. The van der Waals surface area contributed by atoms with E-state index in [1.807, 2.05) is 0 Å². The molecule has 0 bridgehead atoms. The summed E-state index contributed by atoms with van der Waals surface area (Å²) in [4.78, 5) is 2.64. The lowest BCUT2D eigenvalue weighted by Crippen LogP contribution is -2.33. The Labute approximate surface area is 94.0 Å². The van der Waals surface area contributed by atoms with Gasteiger partial charge in [0.15, 0.2) is 0 Å². The molecule has 0 aromatic carbocycles. The summed E-state index contributed by atoms with van der Waals surface area (Å²) in [6.07, 6.45) is 7.91. The van der Waals surface area contributed by atoms with Gasteiger partial charge in [-0.15, -0.1) is 0 Å². The molecule has 0 amide bonds. The molecule has 0 N–H and O–H groups in total. The number of piperidine rings is 1. The Morgan fingerprint density at radius 2 is 1.93 bits per heavy atom. The number of ether oxygens (including phenoxy) is 1. The first-order chi connectivity index (χ1) is 7.29. The summed E-state index contributed by atoms with van der Waals surface area (Å²) >= 11 is 0. The highest BCUT2D eigenvalue weighted by Crippen LogP contribution is 2.31. The molecule has 2 heterocycles. The van der Waals surface area contributed by atoms with E-state index in [0.717, 1.165) is 5.92 Å². The van der Waals surface area contributed by atoms with Crippen LogP contribution in [0, 0.1) is 5.92 Å². The SMILES string of the molecule is CCC1OC1CC(C)CN1CCCCC1. The van der Waals surface area contributed by atoms with Gasteiger partial charge >= 0.3 is 0 Å². The van der Waals surface area contributed by atoms with Crippen molar-refractivity contribution in [3.63, 3.8) is 0 Å². The average molecular weight is 211 g/mol. The zero-order valence-corrected chi connectivity index (χ0v) is 10.2. The number of likely N-dealkylation sites (tertiary alicyclic amines) is 1. The van der Waals surface area contributed by atoms with Gasteiger partial charge in [0.05, 0.1) is 12.2 Å². The van der Waals surface area contributed by atoms with E-state index in [4.69, 9.17) is 4.74 Å². The van der Waals surface area contributed by atoms with Crippen molar-refractivity contribution >= 4 is 0 Å². The molecule has 15 heavy (non-hydrogen) atoms. The van der Waals surface area contributed by atoms with Gasteiger partial charge in [-0.1, -0.05) is 20.3 Å². The van der Waals surface area contributed by atoms with Gasteiger partial charge in [-0.05, 0) is 44.7 Å². The predicted molar refractivity (Wildman–Crippen MR) is 63.0 cm³/mol. The van der Waals surface area contributed by atoms with Crippen molar-refractivity contribution in [3.05, 3.63) is 0 Å². The number of rotatable bonds is 5. The second-order valence-electron chi connectivity index (χ2n) is 5.32. The van der Waals surface area contributed by atoms with Crippen LogP contribution in [0.2, 0.25) is 0 Å². The lowest BCUT2D eigenvalue weighted by atomic mass is 10.0. The van der Waals surface area contributed by atoms with Gasteiger partial charge < -0.3 is 9.64 Å². The fourth-order valence-corrected chi connectivity index (χ4v) is 2.80. The van der Waals surface area contributed by atoms with Crippen molar-refractivity contribution in [1.82, 2.24) is 4.90 Å². The molecule has 0 saturated carbocycles. The predicted octanol–water partition coefficient (Wildman–Crippen LogP) is 2.68. The van der Waals surface area contributed by atoms with Crippen LogP contribution >= 0.6 is 0 Å². The van der Waals surface area contributed by atoms with E-state index in [1.54, 1.807) is 0 Å². The van der Waals surface area contributed by atoms with Crippen molar-refractivity contribution in [2.24, 2.45) is 5.92 Å². The Morgan fingerprint density at radius 3 is 2.53 bits per heavy atom. The Balaban J connectivity index is 1.61. The molecule has 88 valence electrons. The van der Waals surface area contributed by atoms with Crippen LogP contribution in [-0.4, -0.2) is 36.7 Å². The van der Waals surface area contributed by atoms with E-state index in [2.05, 4.69) is 18.7 Å². The van der Waals surface area contributed by atoms with Gasteiger partial charge in [0.2, 0.25) is 0 Å². The summed E-state index contributed by atoms with van der Waals surface area (Å²) in [5.74, 6) is 0.810. The van der Waals surface area contributed by atoms with E-state index in [9.17, 15) is 0 Å². The van der Waals surface area contributed by atoms with Crippen molar-refractivity contribution in [1.29, 1.82) is 0 Å². The summed E-state index contributed by atoms with van der Waals surface area (Å²) in [6.45, 7) is 8.54. The van der Waals surface area contributed by atoms with Crippen LogP contribution in [0.4, 0.5) is 0 Å². The van der Waals surface area contributed by atoms with Crippen molar-refractivity contribution in [2.45, 2.75) is 58.2 Å². The fraction of sp³-hybridized carbons (Fsp3) is 1.00. The molecule has 2 nitrogen and oxygen atoms in total. The van der Waals surface area contributed by atoms with Gasteiger partial charge in [-0.3, -0.25) is 0 Å². The molecule has 3 unspecified atom stereocenters. The number of nitrogens with zero attached hydrogens (tertiary/aromatic N) is 1. The van der Waals surface area contributed by atoms with Crippen molar-refractivity contribution < 1.29 is 4.74 Å². The summed E-state index contributed by atoms with van der Waals surface area (Å²) in [6, 6.07) is 0. The molecule has 2 rings (SSSR count). The highest BCUT2D eigenvalue weighted by Gasteiger charge is 2.37. The molecule has 0 aliphatic carbocycles. The minimum atomic E-state index is 0.591. The zero-order valence-electron chi connectivity index (χ0n) is 10.2. The highest BCUT2D eigenvalue weighted by molar-refractivity contribution is 4.85. The first-order valence-corrected chi connectivity index (χ1v) is 6.67.